The second kappa shape index (κ2) is 10.0. The first-order valence-electron chi connectivity index (χ1n) is 8.28. The van der Waals surface area contributed by atoms with Crippen molar-refractivity contribution in [3.05, 3.63) is 71.8 Å². The lowest BCUT2D eigenvalue weighted by atomic mass is 10.1. The molecule has 26 heavy (non-hydrogen) atoms. The number of carboxylic acid groups (broad SMARTS) is 1. The first kappa shape index (κ1) is 19.2. The predicted octanol–water partition coefficient (Wildman–Crippen LogP) is 2.33. The van der Waals surface area contributed by atoms with Gasteiger partial charge in [0.1, 0.15) is 6.54 Å². The number of hydrogen-bond donors (Lipinski definition) is 3. The molecule has 6 nitrogen and oxygen atoms in total. The van der Waals surface area contributed by atoms with Gasteiger partial charge in [0.25, 0.3) is 5.91 Å². The highest BCUT2D eigenvalue weighted by atomic mass is 16.4. The van der Waals surface area contributed by atoms with Crippen LogP contribution in [0, 0.1) is 0 Å². The number of aliphatic carboxylic acids is 1. The number of hydrogen-bond acceptors (Lipinski definition) is 4. The molecule has 0 spiro atoms. The zero-order chi connectivity index (χ0) is 18.8. The largest absolute Gasteiger partial charge is 0.480 e. The lowest BCUT2D eigenvalue weighted by Gasteiger charge is -2.22. The summed E-state index contributed by atoms with van der Waals surface area (Å²) in [4.78, 5) is 25.1. The van der Waals surface area contributed by atoms with Gasteiger partial charge in [-0.15, -0.1) is 0 Å². The minimum atomic E-state index is -1.01. The average Bonchev–Trinajstić information content (AvgIpc) is 2.66. The summed E-state index contributed by atoms with van der Waals surface area (Å²) in [6, 6.07) is 16.5. The molecule has 1 amide bonds. The Bertz CT molecular complexity index is 759. The molecule has 0 bridgehead atoms. The molecule has 2 aromatic rings. The molecule has 0 unspecified atom stereocenters. The van der Waals surface area contributed by atoms with E-state index < -0.39 is 5.97 Å². The minimum Gasteiger partial charge on any atom is -0.480 e. The summed E-state index contributed by atoms with van der Waals surface area (Å²) in [5.74, 6) is -1.28. The number of aliphatic hydroxyl groups is 1. The van der Waals surface area contributed by atoms with E-state index in [0.717, 1.165) is 5.56 Å². The van der Waals surface area contributed by atoms with E-state index in [4.69, 9.17) is 5.11 Å². The zero-order valence-corrected chi connectivity index (χ0v) is 14.3. The molecule has 2 aromatic carbocycles. The summed E-state index contributed by atoms with van der Waals surface area (Å²) in [5, 5.41) is 20.8. The van der Waals surface area contributed by atoms with Crippen LogP contribution in [0.3, 0.4) is 0 Å². The maximum absolute atomic E-state index is 12.8. The molecule has 0 radical (unpaired) electrons. The standard InChI is InChI=1S/C20H22N2O4/c23-14-13-22(12-6-9-16-7-2-1-3-8-16)20(26)17-10-4-5-11-18(17)21-15-19(24)25/h1-11,21,23H,12-15H2,(H,24,25). The second-order valence-corrected chi connectivity index (χ2v) is 5.58. The van der Waals surface area contributed by atoms with Crippen LogP contribution in [0.2, 0.25) is 0 Å². The SMILES string of the molecule is O=C(O)CNc1ccccc1C(=O)N(CC=Cc1ccccc1)CCO. The van der Waals surface area contributed by atoms with Gasteiger partial charge in [0.2, 0.25) is 0 Å². The Hall–Kier alpha value is -3.12. The molecule has 0 aromatic heterocycles. The number of nitrogens with zero attached hydrogens (tertiary/aromatic N) is 1. The van der Waals surface area contributed by atoms with Crippen LogP contribution in [0.5, 0.6) is 0 Å². The topological polar surface area (TPSA) is 89.9 Å². The van der Waals surface area contributed by atoms with Crippen molar-refractivity contribution in [2.45, 2.75) is 0 Å². The van der Waals surface area contributed by atoms with Crippen molar-refractivity contribution in [2.75, 3.05) is 31.6 Å². The molecule has 2 rings (SSSR count). The Labute approximate surface area is 152 Å². The normalized spacial score (nSPS) is 10.7. The minimum absolute atomic E-state index is 0.157. The molecule has 136 valence electrons. The molecular formula is C20H22N2O4. The number of carbonyl (C=O) groups is 2. The number of amides is 1. The fraction of sp³-hybridized carbons (Fsp3) is 0.200. The summed E-state index contributed by atoms with van der Waals surface area (Å²) in [6.45, 7) is 0.0840. The quantitative estimate of drug-likeness (QED) is 0.643. The van der Waals surface area contributed by atoms with E-state index in [1.54, 1.807) is 24.3 Å². The molecule has 0 saturated carbocycles. The third-order valence-corrected chi connectivity index (χ3v) is 3.68. The van der Waals surface area contributed by atoms with Gasteiger partial charge < -0.3 is 20.4 Å². The molecule has 0 aliphatic rings. The number of carboxylic acids is 1. The third-order valence-electron chi connectivity index (χ3n) is 3.68. The van der Waals surface area contributed by atoms with Gasteiger partial charge in [0.05, 0.1) is 12.2 Å². The molecule has 0 atom stereocenters. The van der Waals surface area contributed by atoms with Crippen molar-refractivity contribution in [3.63, 3.8) is 0 Å². The van der Waals surface area contributed by atoms with E-state index in [1.807, 2.05) is 42.5 Å². The van der Waals surface area contributed by atoms with E-state index >= 15 is 0 Å². The molecule has 0 aliphatic carbocycles. The van der Waals surface area contributed by atoms with Crippen LogP contribution < -0.4 is 5.32 Å². The Morgan fingerprint density at radius 2 is 1.73 bits per heavy atom. The van der Waals surface area contributed by atoms with Crippen LogP contribution in [-0.4, -0.2) is 53.2 Å². The third kappa shape index (κ3) is 5.75. The first-order chi connectivity index (χ1) is 12.6. The van der Waals surface area contributed by atoms with E-state index in [9.17, 15) is 14.7 Å². The van der Waals surface area contributed by atoms with Crippen LogP contribution in [0.1, 0.15) is 15.9 Å². The van der Waals surface area contributed by atoms with Crippen molar-refractivity contribution in [1.82, 2.24) is 4.90 Å². The maximum Gasteiger partial charge on any atom is 0.322 e. The summed E-state index contributed by atoms with van der Waals surface area (Å²) >= 11 is 0. The number of benzene rings is 2. The molecule has 0 heterocycles. The number of para-hydroxylation sites is 1. The monoisotopic (exact) mass is 354 g/mol. The van der Waals surface area contributed by atoms with Crippen molar-refractivity contribution in [3.8, 4) is 0 Å². The van der Waals surface area contributed by atoms with E-state index in [1.165, 1.54) is 4.90 Å². The molecule has 3 N–H and O–H groups in total. The van der Waals surface area contributed by atoms with E-state index in [0.29, 0.717) is 17.8 Å². The highest BCUT2D eigenvalue weighted by molar-refractivity contribution is 6.00. The highest BCUT2D eigenvalue weighted by Crippen LogP contribution is 2.17. The van der Waals surface area contributed by atoms with Gasteiger partial charge >= 0.3 is 5.97 Å². The van der Waals surface area contributed by atoms with Gasteiger partial charge in [-0.3, -0.25) is 9.59 Å². The van der Waals surface area contributed by atoms with Crippen LogP contribution >= 0.6 is 0 Å². The van der Waals surface area contributed by atoms with E-state index in [-0.39, 0.29) is 25.6 Å². The smallest absolute Gasteiger partial charge is 0.322 e. The van der Waals surface area contributed by atoms with Gasteiger partial charge in [0, 0.05) is 18.8 Å². The Balaban J connectivity index is 2.12. The van der Waals surface area contributed by atoms with Crippen LogP contribution in [0.25, 0.3) is 6.08 Å². The Morgan fingerprint density at radius 3 is 2.42 bits per heavy atom. The van der Waals surface area contributed by atoms with Gasteiger partial charge in [-0.05, 0) is 17.7 Å². The fourth-order valence-electron chi connectivity index (χ4n) is 2.44. The van der Waals surface area contributed by atoms with Gasteiger partial charge in [-0.1, -0.05) is 54.6 Å². The molecular weight excluding hydrogens is 332 g/mol. The van der Waals surface area contributed by atoms with Crippen molar-refractivity contribution in [2.24, 2.45) is 0 Å². The maximum atomic E-state index is 12.8. The molecule has 0 saturated heterocycles. The van der Waals surface area contributed by atoms with E-state index in [2.05, 4.69) is 5.32 Å². The van der Waals surface area contributed by atoms with Gasteiger partial charge in [-0.25, -0.2) is 0 Å². The number of nitrogens with one attached hydrogen (secondary N) is 1. The van der Waals surface area contributed by atoms with Crippen LogP contribution in [0.4, 0.5) is 5.69 Å². The predicted molar refractivity (Wildman–Crippen MR) is 101 cm³/mol. The molecule has 0 aliphatic heterocycles. The summed E-state index contributed by atoms with van der Waals surface area (Å²) in [7, 11) is 0. The number of rotatable bonds is 9. The van der Waals surface area contributed by atoms with Crippen molar-refractivity contribution >= 4 is 23.6 Å². The van der Waals surface area contributed by atoms with Gasteiger partial charge in [0.15, 0.2) is 0 Å². The number of carbonyl (C=O) groups excluding carboxylic acids is 1. The molecule has 0 fully saturated rings. The second-order valence-electron chi connectivity index (χ2n) is 5.58. The number of aliphatic hydroxyl groups excluding tert-OH is 1. The Morgan fingerprint density at radius 1 is 1.04 bits per heavy atom. The van der Waals surface area contributed by atoms with Crippen LogP contribution in [0.15, 0.2) is 60.7 Å². The lowest BCUT2D eigenvalue weighted by molar-refractivity contribution is -0.134. The summed E-state index contributed by atoms with van der Waals surface area (Å²) in [6.07, 6.45) is 3.77. The highest BCUT2D eigenvalue weighted by Gasteiger charge is 2.17. The van der Waals surface area contributed by atoms with Crippen LogP contribution in [-0.2, 0) is 4.79 Å². The summed E-state index contributed by atoms with van der Waals surface area (Å²) < 4.78 is 0. The van der Waals surface area contributed by atoms with Gasteiger partial charge in [-0.2, -0.15) is 0 Å². The zero-order valence-electron chi connectivity index (χ0n) is 14.3. The Kier molecular flexibility index (Phi) is 7.39. The lowest BCUT2D eigenvalue weighted by Crippen LogP contribution is -2.34. The first-order valence-corrected chi connectivity index (χ1v) is 8.28. The molecule has 6 heteroatoms. The number of anilines is 1. The average molecular weight is 354 g/mol. The van der Waals surface area contributed by atoms with Crippen molar-refractivity contribution in [1.29, 1.82) is 0 Å². The fourth-order valence-corrected chi connectivity index (χ4v) is 2.44. The summed E-state index contributed by atoms with van der Waals surface area (Å²) in [5.41, 5.74) is 1.85. The van der Waals surface area contributed by atoms with Crippen molar-refractivity contribution < 1.29 is 19.8 Å².